The molecule has 100 valence electrons. The molecule has 0 radical (unpaired) electrons. The third kappa shape index (κ3) is 3.39. The molecule has 2 aromatic carbocycles. The van der Waals surface area contributed by atoms with E-state index in [1.807, 2.05) is 6.92 Å². The highest BCUT2D eigenvalue weighted by atomic mass is 79.9. The number of hydrogen-bond donors (Lipinski definition) is 1. The van der Waals surface area contributed by atoms with Gasteiger partial charge in [-0.2, -0.15) is 0 Å². The molecule has 0 bridgehead atoms. The van der Waals surface area contributed by atoms with Crippen molar-refractivity contribution in [3.8, 4) is 0 Å². The van der Waals surface area contributed by atoms with Crippen LogP contribution in [0.25, 0.3) is 0 Å². The smallest absolute Gasteiger partial charge is 0.137 e. The third-order valence-electron chi connectivity index (χ3n) is 3.12. The zero-order valence-corrected chi connectivity index (χ0v) is 12.0. The molecule has 0 spiro atoms. The monoisotopic (exact) mass is 325 g/mol. The van der Waals surface area contributed by atoms with Gasteiger partial charge in [0.1, 0.15) is 11.6 Å². The molecule has 0 aliphatic carbocycles. The van der Waals surface area contributed by atoms with Crippen LogP contribution in [0.15, 0.2) is 40.9 Å². The fourth-order valence-electron chi connectivity index (χ4n) is 1.96. The number of rotatable bonds is 3. The number of hydrogen-bond acceptors (Lipinski definition) is 1. The average molecular weight is 326 g/mol. The molecule has 2 rings (SSSR count). The van der Waals surface area contributed by atoms with Crippen LogP contribution in [0.2, 0.25) is 0 Å². The Kier molecular flexibility index (Phi) is 4.32. The summed E-state index contributed by atoms with van der Waals surface area (Å²) >= 11 is 3.10. The van der Waals surface area contributed by atoms with Gasteiger partial charge in [0.25, 0.3) is 0 Å². The highest BCUT2D eigenvalue weighted by Crippen LogP contribution is 2.23. The minimum atomic E-state index is -0.358. The van der Waals surface area contributed by atoms with Crippen LogP contribution in [0.5, 0.6) is 0 Å². The molecule has 0 fully saturated rings. The Balaban J connectivity index is 2.22. The fraction of sp³-hybridized carbons (Fsp3) is 0.200. The van der Waals surface area contributed by atoms with Crippen molar-refractivity contribution in [2.75, 3.05) is 0 Å². The topological polar surface area (TPSA) is 26.0 Å². The van der Waals surface area contributed by atoms with Gasteiger partial charge in [0, 0.05) is 6.04 Å². The van der Waals surface area contributed by atoms with Crippen LogP contribution in [0.3, 0.4) is 0 Å². The van der Waals surface area contributed by atoms with Crippen LogP contribution in [0.4, 0.5) is 8.78 Å². The quantitative estimate of drug-likeness (QED) is 0.895. The summed E-state index contributed by atoms with van der Waals surface area (Å²) in [6.45, 7) is 1.91. The molecule has 1 atom stereocenters. The van der Waals surface area contributed by atoms with Crippen LogP contribution in [-0.2, 0) is 6.42 Å². The molecule has 4 heteroatoms. The van der Waals surface area contributed by atoms with Crippen molar-refractivity contribution in [3.05, 3.63) is 69.2 Å². The summed E-state index contributed by atoms with van der Waals surface area (Å²) in [4.78, 5) is 0. The SMILES string of the molecule is Cc1ccc(F)cc1CC(N)c1ccc(Br)c(F)c1. The van der Waals surface area contributed by atoms with Gasteiger partial charge in [0.15, 0.2) is 0 Å². The molecule has 19 heavy (non-hydrogen) atoms. The van der Waals surface area contributed by atoms with Crippen molar-refractivity contribution in [1.29, 1.82) is 0 Å². The van der Waals surface area contributed by atoms with Gasteiger partial charge in [-0.15, -0.1) is 0 Å². The molecule has 0 amide bonds. The van der Waals surface area contributed by atoms with E-state index in [1.54, 1.807) is 18.2 Å². The lowest BCUT2D eigenvalue weighted by Gasteiger charge is -2.14. The summed E-state index contributed by atoms with van der Waals surface area (Å²) in [6, 6.07) is 9.06. The summed E-state index contributed by atoms with van der Waals surface area (Å²) < 4.78 is 27.1. The second-order valence-electron chi connectivity index (χ2n) is 4.55. The lowest BCUT2D eigenvalue weighted by molar-refractivity contribution is 0.609. The molecule has 0 heterocycles. The van der Waals surface area contributed by atoms with Crippen molar-refractivity contribution in [2.45, 2.75) is 19.4 Å². The molecular weight excluding hydrogens is 312 g/mol. The molecule has 0 aromatic heterocycles. The van der Waals surface area contributed by atoms with Crippen LogP contribution >= 0.6 is 15.9 Å². The zero-order chi connectivity index (χ0) is 14.0. The normalized spacial score (nSPS) is 12.5. The molecule has 2 aromatic rings. The molecule has 2 N–H and O–H groups in total. The third-order valence-corrected chi connectivity index (χ3v) is 3.77. The molecule has 1 unspecified atom stereocenters. The van der Waals surface area contributed by atoms with Crippen molar-refractivity contribution < 1.29 is 8.78 Å². The fourth-order valence-corrected chi connectivity index (χ4v) is 2.20. The van der Waals surface area contributed by atoms with Crippen molar-refractivity contribution in [1.82, 2.24) is 0 Å². The van der Waals surface area contributed by atoms with Gasteiger partial charge in [0.2, 0.25) is 0 Å². The molecule has 0 aliphatic heterocycles. The van der Waals surface area contributed by atoms with E-state index < -0.39 is 0 Å². The van der Waals surface area contributed by atoms with E-state index >= 15 is 0 Å². The first kappa shape index (κ1) is 14.2. The Bertz CT molecular complexity index is 599. The molecule has 0 aliphatic rings. The minimum Gasteiger partial charge on any atom is -0.324 e. The van der Waals surface area contributed by atoms with E-state index in [0.29, 0.717) is 16.5 Å². The van der Waals surface area contributed by atoms with Crippen molar-refractivity contribution >= 4 is 15.9 Å². The Morgan fingerprint density at radius 1 is 1.16 bits per heavy atom. The first-order chi connectivity index (χ1) is 8.97. The number of aryl methyl sites for hydroxylation is 1. The van der Waals surface area contributed by atoms with Crippen LogP contribution in [0, 0.1) is 18.6 Å². The average Bonchev–Trinajstić information content (AvgIpc) is 2.37. The van der Waals surface area contributed by atoms with Gasteiger partial charge >= 0.3 is 0 Å². The van der Waals surface area contributed by atoms with Gasteiger partial charge in [-0.05, 0) is 70.2 Å². The molecule has 0 saturated carbocycles. The summed E-state index contributed by atoms with van der Waals surface area (Å²) in [5.74, 6) is -0.626. The van der Waals surface area contributed by atoms with E-state index in [-0.39, 0.29) is 17.7 Å². The highest BCUT2D eigenvalue weighted by molar-refractivity contribution is 9.10. The van der Waals surface area contributed by atoms with Gasteiger partial charge in [-0.1, -0.05) is 12.1 Å². The maximum Gasteiger partial charge on any atom is 0.137 e. The number of nitrogens with two attached hydrogens (primary N) is 1. The van der Waals surface area contributed by atoms with E-state index in [1.165, 1.54) is 18.2 Å². The van der Waals surface area contributed by atoms with E-state index in [0.717, 1.165) is 11.1 Å². The Hall–Kier alpha value is -1.26. The summed E-state index contributed by atoms with van der Waals surface area (Å²) in [5.41, 5.74) is 8.58. The zero-order valence-electron chi connectivity index (χ0n) is 10.5. The first-order valence-electron chi connectivity index (χ1n) is 5.93. The van der Waals surface area contributed by atoms with E-state index in [4.69, 9.17) is 5.73 Å². The van der Waals surface area contributed by atoms with Crippen molar-refractivity contribution in [2.24, 2.45) is 5.73 Å². The number of benzene rings is 2. The lowest BCUT2D eigenvalue weighted by Crippen LogP contribution is -2.14. The molecule has 0 saturated heterocycles. The van der Waals surface area contributed by atoms with E-state index in [2.05, 4.69) is 15.9 Å². The van der Waals surface area contributed by atoms with Crippen molar-refractivity contribution in [3.63, 3.8) is 0 Å². The largest absolute Gasteiger partial charge is 0.324 e. The predicted octanol–water partition coefficient (Wildman–Crippen LogP) is 4.28. The van der Waals surface area contributed by atoms with Crippen LogP contribution in [0.1, 0.15) is 22.7 Å². The summed E-state index contributed by atoms with van der Waals surface area (Å²) in [5, 5.41) is 0. The minimum absolute atomic E-state index is 0.283. The Labute approximate surface area is 119 Å². The van der Waals surface area contributed by atoms with Gasteiger partial charge in [0.05, 0.1) is 4.47 Å². The maximum atomic E-state index is 13.5. The molecular formula is C15H14BrF2N. The second-order valence-corrected chi connectivity index (χ2v) is 5.41. The van der Waals surface area contributed by atoms with Gasteiger partial charge in [-0.3, -0.25) is 0 Å². The second kappa shape index (κ2) is 5.80. The van der Waals surface area contributed by atoms with Crippen LogP contribution < -0.4 is 5.73 Å². The Morgan fingerprint density at radius 3 is 2.58 bits per heavy atom. The van der Waals surface area contributed by atoms with E-state index in [9.17, 15) is 8.78 Å². The standard InChI is InChI=1S/C15H14BrF2N/c1-9-2-4-12(17)6-11(9)8-15(19)10-3-5-13(16)14(18)7-10/h2-7,15H,8,19H2,1H3. The summed E-state index contributed by atoms with van der Waals surface area (Å²) in [7, 11) is 0. The predicted molar refractivity (Wildman–Crippen MR) is 75.9 cm³/mol. The maximum absolute atomic E-state index is 13.5. The van der Waals surface area contributed by atoms with Gasteiger partial charge < -0.3 is 5.73 Å². The first-order valence-corrected chi connectivity index (χ1v) is 6.72. The number of halogens is 3. The Morgan fingerprint density at radius 2 is 1.89 bits per heavy atom. The molecule has 1 nitrogen and oxygen atoms in total. The highest BCUT2D eigenvalue weighted by Gasteiger charge is 2.11. The van der Waals surface area contributed by atoms with Crippen LogP contribution in [-0.4, -0.2) is 0 Å². The summed E-state index contributed by atoms with van der Waals surface area (Å²) in [6.07, 6.45) is 0.477. The van der Waals surface area contributed by atoms with Gasteiger partial charge in [-0.25, -0.2) is 8.78 Å². The lowest BCUT2D eigenvalue weighted by atomic mass is 9.96.